The van der Waals surface area contributed by atoms with E-state index in [1.165, 1.54) is 0 Å². The van der Waals surface area contributed by atoms with Crippen molar-refractivity contribution in [2.75, 3.05) is 13.1 Å². The molecule has 0 radical (unpaired) electrons. The lowest BCUT2D eigenvalue weighted by Crippen LogP contribution is -2.31. The van der Waals surface area contributed by atoms with Gasteiger partial charge in [-0.2, -0.15) is 0 Å². The van der Waals surface area contributed by atoms with E-state index in [9.17, 15) is 9.59 Å². The largest absolute Gasteiger partial charge is 0.356 e. The third-order valence-electron chi connectivity index (χ3n) is 1.81. The molecule has 0 unspecified atom stereocenters. The van der Waals surface area contributed by atoms with Gasteiger partial charge < -0.3 is 10.6 Å². The molecular weight excluding hydrogens is 156 g/mol. The summed E-state index contributed by atoms with van der Waals surface area (Å²) in [5.41, 5.74) is 0. The van der Waals surface area contributed by atoms with E-state index in [1.807, 2.05) is 0 Å². The van der Waals surface area contributed by atoms with Crippen LogP contribution in [0, 0.1) is 0 Å². The molecule has 0 atom stereocenters. The summed E-state index contributed by atoms with van der Waals surface area (Å²) >= 11 is 0. The Balaban J connectivity index is 2.31. The molecule has 0 aliphatic carbocycles. The van der Waals surface area contributed by atoms with E-state index in [1.54, 1.807) is 0 Å². The normalized spacial score (nSPS) is 21.0. The van der Waals surface area contributed by atoms with Crippen molar-refractivity contribution in [3.8, 4) is 0 Å². The number of carbonyl (C=O) groups excluding carboxylic acids is 2. The first-order valence-corrected chi connectivity index (χ1v) is 4.32. The Kier molecular flexibility index (Phi) is 3.57. The van der Waals surface area contributed by atoms with Gasteiger partial charge in [0.1, 0.15) is 0 Å². The van der Waals surface area contributed by atoms with Gasteiger partial charge in [-0.05, 0) is 12.8 Å². The third-order valence-corrected chi connectivity index (χ3v) is 1.81. The molecule has 68 valence electrons. The van der Waals surface area contributed by atoms with Crippen LogP contribution < -0.4 is 10.6 Å². The summed E-state index contributed by atoms with van der Waals surface area (Å²) in [5, 5.41) is 5.55. The zero-order valence-electron chi connectivity index (χ0n) is 7.06. The van der Waals surface area contributed by atoms with Crippen LogP contribution >= 0.6 is 0 Å². The maximum atomic E-state index is 11.0. The van der Waals surface area contributed by atoms with Crippen LogP contribution in [0.5, 0.6) is 0 Å². The number of hydrogen-bond acceptors (Lipinski definition) is 2. The van der Waals surface area contributed by atoms with E-state index in [4.69, 9.17) is 0 Å². The van der Waals surface area contributed by atoms with E-state index in [2.05, 4.69) is 10.6 Å². The van der Waals surface area contributed by atoms with E-state index in [0.717, 1.165) is 6.42 Å². The van der Waals surface area contributed by atoms with E-state index >= 15 is 0 Å². The summed E-state index contributed by atoms with van der Waals surface area (Å²) < 4.78 is 0. The molecule has 0 aromatic heterocycles. The Labute approximate surface area is 71.7 Å². The van der Waals surface area contributed by atoms with Crippen molar-refractivity contribution < 1.29 is 9.59 Å². The molecule has 1 aliphatic rings. The number of rotatable bonds is 0. The Hall–Kier alpha value is -1.06. The van der Waals surface area contributed by atoms with Crippen molar-refractivity contribution in [1.29, 1.82) is 0 Å². The molecule has 12 heavy (non-hydrogen) atoms. The topological polar surface area (TPSA) is 58.2 Å². The van der Waals surface area contributed by atoms with Gasteiger partial charge in [-0.3, -0.25) is 9.59 Å². The predicted molar refractivity (Wildman–Crippen MR) is 44.5 cm³/mol. The maximum absolute atomic E-state index is 11.0. The first kappa shape index (κ1) is 9.03. The van der Waals surface area contributed by atoms with Gasteiger partial charge in [-0.1, -0.05) is 0 Å². The first-order valence-electron chi connectivity index (χ1n) is 4.32. The Bertz CT molecular complexity index is 162. The van der Waals surface area contributed by atoms with Crippen LogP contribution in [0.4, 0.5) is 0 Å². The molecule has 0 saturated carbocycles. The fraction of sp³-hybridized carbons (Fsp3) is 0.750. The molecule has 1 rings (SSSR count). The molecular formula is C8H14N2O2. The summed E-state index contributed by atoms with van der Waals surface area (Å²) in [6.45, 7) is 1.33. The van der Waals surface area contributed by atoms with Crippen LogP contribution in [0.2, 0.25) is 0 Å². The minimum Gasteiger partial charge on any atom is -0.356 e. The lowest BCUT2D eigenvalue weighted by molar-refractivity contribution is -0.122. The quantitative estimate of drug-likeness (QED) is 0.528. The molecule has 1 saturated heterocycles. The zero-order chi connectivity index (χ0) is 8.81. The molecule has 0 spiro atoms. The number of nitrogens with one attached hydrogen (secondary N) is 2. The van der Waals surface area contributed by atoms with Gasteiger partial charge in [-0.15, -0.1) is 0 Å². The van der Waals surface area contributed by atoms with Crippen LogP contribution in [0.1, 0.15) is 25.7 Å². The highest BCUT2D eigenvalue weighted by atomic mass is 16.2. The second-order valence-electron chi connectivity index (χ2n) is 2.91. The number of carbonyl (C=O) groups is 2. The Morgan fingerprint density at radius 1 is 0.833 bits per heavy atom. The average Bonchev–Trinajstić information content (AvgIpc) is 2.04. The van der Waals surface area contributed by atoms with Crippen LogP contribution in [0.3, 0.4) is 0 Å². The molecule has 1 aliphatic heterocycles. The SMILES string of the molecule is O=C1CCCC(=O)NCCCN1. The van der Waals surface area contributed by atoms with Gasteiger partial charge in [0.2, 0.25) is 11.8 Å². The highest BCUT2D eigenvalue weighted by molar-refractivity contribution is 5.79. The van der Waals surface area contributed by atoms with Crippen molar-refractivity contribution in [2.45, 2.75) is 25.7 Å². The second kappa shape index (κ2) is 4.74. The minimum absolute atomic E-state index is 0.0599. The molecule has 1 fully saturated rings. The highest BCUT2D eigenvalue weighted by Gasteiger charge is 2.06. The summed E-state index contributed by atoms with van der Waals surface area (Å²) in [4.78, 5) is 21.9. The highest BCUT2D eigenvalue weighted by Crippen LogP contribution is 1.96. The summed E-state index contributed by atoms with van der Waals surface area (Å²) in [7, 11) is 0. The van der Waals surface area contributed by atoms with Gasteiger partial charge in [0.05, 0.1) is 0 Å². The van der Waals surface area contributed by atoms with E-state index < -0.39 is 0 Å². The van der Waals surface area contributed by atoms with Gasteiger partial charge in [-0.25, -0.2) is 0 Å². The summed E-state index contributed by atoms with van der Waals surface area (Å²) in [6, 6.07) is 0. The monoisotopic (exact) mass is 170 g/mol. The lowest BCUT2D eigenvalue weighted by atomic mass is 10.2. The minimum atomic E-state index is 0.0599. The van der Waals surface area contributed by atoms with E-state index in [0.29, 0.717) is 32.4 Å². The molecule has 2 N–H and O–H groups in total. The molecule has 4 nitrogen and oxygen atoms in total. The van der Waals surface area contributed by atoms with Crippen molar-refractivity contribution in [1.82, 2.24) is 10.6 Å². The molecule has 0 aromatic carbocycles. The zero-order valence-corrected chi connectivity index (χ0v) is 7.06. The van der Waals surface area contributed by atoms with Gasteiger partial charge in [0.25, 0.3) is 0 Å². The van der Waals surface area contributed by atoms with Gasteiger partial charge in [0.15, 0.2) is 0 Å². The first-order chi connectivity index (χ1) is 5.79. The molecule has 4 heteroatoms. The van der Waals surface area contributed by atoms with Crippen LogP contribution in [-0.4, -0.2) is 24.9 Å². The van der Waals surface area contributed by atoms with Crippen LogP contribution in [0.25, 0.3) is 0 Å². The summed E-state index contributed by atoms with van der Waals surface area (Å²) in [5.74, 6) is 0.120. The molecule has 1 heterocycles. The number of hydrogen-bond donors (Lipinski definition) is 2. The average molecular weight is 170 g/mol. The molecule has 2 amide bonds. The fourth-order valence-corrected chi connectivity index (χ4v) is 1.13. The number of amides is 2. The predicted octanol–water partition coefficient (Wildman–Crippen LogP) is -0.207. The Morgan fingerprint density at radius 2 is 1.33 bits per heavy atom. The lowest BCUT2D eigenvalue weighted by Gasteiger charge is -2.09. The maximum Gasteiger partial charge on any atom is 0.220 e. The third kappa shape index (κ3) is 3.37. The van der Waals surface area contributed by atoms with E-state index in [-0.39, 0.29) is 11.8 Å². The van der Waals surface area contributed by atoms with Crippen LogP contribution in [0.15, 0.2) is 0 Å². The van der Waals surface area contributed by atoms with Crippen molar-refractivity contribution >= 4 is 11.8 Å². The van der Waals surface area contributed by atoms with Crippen LogP contribution in [-0.2, 0) is 9.59 Å². The fourth-order valence-electron chi connectivity index (χ4n) is 1.13. The smallest absolute Gasteiger partial charge is 0.220 e. The van der Waals surface area contributed by atoms with Crippen molar-refractivity contribution in [3.05, 3.63) is 0 Å². The van der Waals surface area contributed by atoms with Crippen molar-refractivity contribution in [2.24, 2.45) is 0 Å². The van der Waals surface area contributed by atoms with Gasteiger partial charge >= 0.3 is 0 Å². The molecule has 0 aromatic rings. The molecule has 0 bridgehead atoms. The summed E-state index contributed by atoms with van der Waals surface area (Å²) in [6.07, 6.45) is 2.40. The van der Waals surface area contributed by atoms with Gasteiger partial charge in [0, 0.05) is 25.9 Å². The Morgan fingerprint density at radius 3 is 1.83 bits per heavy atom. The second-order valence-corrected chi connectivity index (χ2v) is 2.91. The standard InChI is InChI=1S/C8H14N2O2/c11-7-3-1-4-8(12)10-6-2-5-9-7/h1-6H2,(H,9,11)(H,10,12). The van der Waals surface area contributed by atoms with Crippen molar-refractivity contribution in [3.63, 3.8) is 0 Å².